The summed E-state index contributed by atoms with van der Waals surface area (Å²) in [6.07, 6.45) is 5.77. The number of halogens is 2. The van der Waals surface area contributed by atoms with E-state index in [4.69, 9.17) is 9.47 Å². The minimum Gasteiger partial charge on any atom is -0.493 e. The Hall–Kier alpha value is -3.53. The molecule has 7 nitrogen and oxygen atoms in total. The van der Waals surface area contributed by atoms with Gasteiger partial charge in [0.2, 0.25) is 0 Å². The molecule has 0 saturated carbocycles. The molecular weight excluding hydrogens is 438 g/mol. The molecule has 0 bridgehead atoms. The number of rotatable bonds is 8. The maximum Gasteiger partial charge on any atom is 0.263 e. The summed E-state index contributed by atoms with van der Waals surface area (Å²) in [6, 6.07) is 6.99. The second-order valence-corrected chi connectivity index (χ2v) is 7.89. The van der Waals surface area contributed by atoms with Gasteiger partial charge in [-0.3, -0.25) is 9.69 Å². The molecule has 2 aromatic carbocycles. The third-order valence-electron chi connectivity index (χ3n) is 4.87. The van der Waals surface area contributed by atoms with Crippen molar-refractivity contribution in [1.29, 1.82) is 0 Å². The van der Waals surface area contributed by atoms with E-state index in [0.717, 1.165) is 17.4 Å². The van der Waals surface area contributed by atoms with Gasteiger partial charge < -0.3 is 14.0 Å². The number of nitrogens with zero attached hydrogens (tertiary/aromatic N) is 4. The maximum absolute atomic E-state index is 14.3. The van der Waals surface area contributed by atoms with E-state index in [9.17, 15) is 13.6 Å². The van der Waals surface area contributed by atoms with Crippen molar-refractivity contribution in [2.24, 2.45) is 0 Å². The van der Waals surface area contributed by atoms with Gasteiger partial charge in [0.1, 0.15) is 11.3 Å². The van der Waals surface area contributed by atoms with Crippen LogP contribution in [0.15, 0.2) is 49.1 Å². The quantitative estimate of drug-likeness (QED) is 0.388. The molecule has 0 aliphatic heterocycles. The molecule has 0 radical (unpaired) electrons. The van der Waals surface area contributed by atoms with Crippen LogP contribution in [-0.4, -0.2) is 41.2 Å². The number of ether oxygens (including phenoxy) is 2. The van der Waals surface area contributed by atoms with Crippen LogP contribution in [0.25, 0.3) is 10.2 Å². The van der Waals surface area contributed by atoms with Crippen LogP contribution in [0.5, 0.6) is 11.5 Å². The van der Waals surface area contributed by atoms with Crippen molar-refractivity contribution in [3.63, 3.8) is 0 Å². The Labute approximate surface area is 186 Å². The Bertz CT molecular complexity index is 1240. The van der Waals surface area contributed by atoms with Crippen molar-refractivity contribution in [3.8, 4) is 11.5 Å². The van der Waals surface area contributed by atoms with Crippen LogP contribution in [-0.2, 0) is 6.54 Å². The van der Waals surface area contributed by atoms with Crippen LogP contribution in [0.2, 0.25) is 0 Å². The Balaban J connectivity index is 1.72. The highest BCUT2D eigenvalue weighted by molar-refractivity contribution is 7.22. The topological polar surface area (TPSA) is 69.5 Å². The molecule has 0 aliphatic rings. The molecule has 0 saturated heterocycles. The minimum absolute atomic E-state index is 0.0245. The number of carbonyl (C=O) groups is 1. The summed E-state index contributed by atoms with van der Waals surface area (Å²) in [5.74, 6) is -1.15. The van der Waals surface area contributed by atoms with E-state index >= 15 is 0 Å². The second kappa shape index (κ2) is 9.31. The van der Waals surface area contributed by atoms with Crippen LogP contribution in [0.4, 0.5) is 13.9 Å². The molecule has 2 heterocycles. The summed E-state index contributed by atoms with van der Waals surface area (Å²) in [7, 11) is 2.94. The smallest absolute Gasteiger partial charge is 0.263 e. The lowest BCUT2D eigenvalue weighted by molar-refractivity contribution is 0.0982. The van der Waals surface area contributed by atoms with Gasteiger partial charge in [-0.25, -0.2) is 18.7 Å². The van der Waals surface area contributed by atoms with Gasteiger partial charge in [-0.05, 0) is 24.6 Å². The summed E-state index contributed by atoms with van der Waals surface area (Å²) >= 11 is 1.05. The summed E-state index contributed by atoms with van der Waals surface area (Å²) in [6.45, 7) is 0.911. The molecule has 4 rings (SSSR count). The van der Waals surface area contributed by atoms with Gasteiger partial charge in [-0.2, -0.15) is 0 Å². The molecule has 0 unspecified atom stereocenters. The largest absolute Gasteiger partial charge is 0.493 e. The number of hydrogen-bond acceptors (Lipinski definition) is 6. The van der Waals surface area contributed by atoms with E-state index in [1.54, 1.807) is 30.7 Å². The lowest BCUT2D eigenvalue weighted by Crippen LogP contribution is -2.32. The lowest BCUT2D eigenvalue weighted by atomic mass is 10.1. The summed E-state index contributed by atoms with van der Waals surface area (Å²) < 4.78 is 40.9. The lowest BCUT2D eigenvalue weighted by Gasteiger charge is -2.22. The molecule has 0 spiro atoms. The Morgan fingerprint density at radius 2 is 2.06 bits per heavy atom. The maximum atomic E-state index is 14.3. The van der Waals surface area contributed by atoms with Crippen molar-refractivity contribution in [1.82, 2.24) is 14.5 Å². The van der Waals surface area contributed by atoms with E-state index < -0.39 is 11.6 Å². The fourth-order valence-electron chi connectivity index (χ4n) is 3.38. The zero-order valence-electron chi connectivity index (χ0n) is 17.4. The summed E-state index contributed by atoms with van der Waals surface area (Å²) in [5, 5.41) is 0.269. The SMILES string of the molecule is COc1cccc(C(=O)N(CCCn2ccnc2)c2nc3c(F)cc(F)cc3s2)c1OC. The first-order chi connectivity index (χ1) is 15.5. The number of fused-ring (bicyclic) bond motifs is 1. The highest BCUT2D eigenvalue weighted by atomic mass is 32.1. The molecule has 166 valence electrons. The Kier molecular flexibility index (Phi) is 6.31. The normalized spacial score (nSPS) is 11.0. The van der Waals surface area contributed by atoms with Crippen molar-refractivity contribution >= 4 is 32.6 Å². The number of anilines is 1. The zero-order valence-corrected chi connectivity index (χ0v) is 18.2. The Morgan fingerprint density at radius 1 is 1.22 bits per heavy atom. The minimum atomic E-state index is -0.771. The van der Waals surface area contributed by atoms with Crippen molar-refractivity contribution in [3.05, 3.63) is 66.3 Å². The number of methoxy groups -OCH3 is 2. The number of hydrogen-bond donors (Lipinski definition) is 0. The summed E-state index contributed by atoms with van der Waals surface area (Å²) in [4.78, 5) is 23.4. The average molecular weight is 458 g/mol. The Morgan fingerprint density at radius 3 is 2.78 bits per heavy atom. The van der Waals surface area contributed by atoms with Gasteiger partial charge in [-0.1, -0.05) is 17.4 Å². The van der Waals surface area contributed by atoms with Crippen LogP contribution in [0, 0.1) is 11.6 Å². The molecule has 2 aromatic heterocycles. The monoisotopic (exact) mass is 458 g/mol. The van der Waals surface area contributed by atoms with Crippen LogP contribution < -0.4 is 14.4 Å². The molecule has 0 fully saturated rings. The standard InChI is InChI=1S/C22H20F2N4O3S/c1-30-17-6-3-5-15(20(17)31-2)21(29)28(9-4-8-27-10-7-25-13-27)22-26-19-16(24)11-14(23)12-18(19)32-22/h3,5-7,10-13H,4,8-9H2,1-2H3. The molecule has 4 aromatic rings. The van der Waals surface area contributed by atoms with Crippen LogP contribution in [0.3, 0.4) is 0 Å². The van der Waals surface area contributed by atoms with Gasteiger partial charge in [0.15, 0.2) is 22.4 Å². The number of para-hydroxylation sites is 1. The van der Waals surface area contributed by atoms with E-state index in [0.29, 0.717) is 30.0 Å². The predicted octanol–water partition coefficient (Wildman–Crippen LogP) is 4.53. The first-order valence-electron chi connectivity index (χ1n) is 9.76. The molecule has 10 heteroatoms. The number of carbonyl (C=O) groups excluding carboxylic acids is 1. The van der Waals surface area contributed by atoms with Gasteiger partial charge in [0.25, 0.3) is 5.91 Å². The van der Waals surface area contributed by atoms with E-state index in [1.807, 2.05) is 10.8 Å². The molecular formula is C22H20F2N4O3S. The molecule has 0 N–H and O–H groups in total. The molecule has 1 amide bonds. The number of aryl methyl sites for hydroxylation is 1. The highest BCUT2D eigenvalue weighted by Crippen LogP contribution is 2.35. The van der Waals surface area contributed by atoms with Gasteiger partial charge >= 0.3 is 0 Å². The third-order valence-corrected chi connectivity index (χ3v) is 5.89. The number of thiazole rings is 1. The number of benzene rings is 2. The predicted molar refractivity (Wildman–Crippen MR) is 118 cm³/mol. The van der Waals surface area contributed by atoms with E-state index in [-0.39, 0.29) is 27.9 Å². The fourth-order valence-corrected chi connectivity index (χ4v) is 4.41. The fraction of sp³-hybridized carbons (Fsp3) is 0.227. The van der Waals surface area contributed by atoms with Gasteiger partial charge in [0.05, 0.1) is 30.8 Å². The van der Waals surface area contributed by atoms with Gasteiger partial charge in [0, 0.05) is 31.5 Å². The molecule has 0 aliphatic carbocycles. The van der Waals surface area contributed by atoms with Crippen LogP contribution in [0.1, 0.15) is 16.8 Å². The third kappa shape index (κ3) is 4.26. The number of aromatic nitrogens is 3. The number of amides is 1. The van der Waals surface area contributed by atoms with Crippen LogP contribution >= 0.6 is 11.3 Å². The van der Waals surface area contributed by atoms with Gasteiger partial charge in [-0.15, -0.1) is 0 Å². The first kappa shape index (κ1) is 21.7. The average Bonchev–Trinajstić information content (AvgIpc) is 3.45. The second-order valence-electron chi connectivity index (χ2n) is 6.88. The molecule has 32 heavy (non-hydrogen) atoms. The van der Waals surface area contributed by atoms with Crippen molar-refractivity contribution in [2.45, 2.75) is 13.0 Å². The zero-order chi connectivity index (χ0) is 22.7. The first-order valence-corrected chi connectivity index (χ1v) is 10.6. The van der Waals surface area contributed by atoms with E-state index in [2.05, 4.69) is 9.97 Å². The van der Waals surface area contributed by atoms with Crippen molar-refractivity contribution in [2.75, 3.05) is 25.7 Å². The number of imidazole rings is 1. The summed E-state index contributed by atoms with van der Waals surface area (Å²) in [5.41, 5.74) is 0.303. The van der Waals surface area contributed by atoms with Crippen molar-refractivity contribution < 1.29 is 23.0 Å². The van der Waals surface area contributed by atoms with E-state index in [1.165, 1.54) is 25.2 Å². The molecule has 0 atom stereocenters. The highest BCUT2D eigenvalue weighted by Gasteiger charge is 2.26.